The Balaban J connectivity index is 3.00. The molecule has 0 heterocycles. The Hall–Kier alpha value is -0.430. The highest BCUT2D eigenvalue weighted by Gasteiger charge is 2.20. The molecule has 0 spiro atoms. The topological polar surface area (TPSA) is 46.6 Å². The van der Waals surface area contributed by atoms with Crippen LogP contribution in [-0.4, -0.2) is 40.0 Å². The average Bonchev–Trinajstić information content (AvgIpc) is 2.29. The van der Waals surface area contributed by atoms with E-state index in [1.54, 1.807) is 32.4 Å². The average molecular weight is 322 g/mol. The minimum absolute atomic E-state index is 0.303. The Morgan fingerprint density at radius 2 is 2.06 bits per heavy atom. The van der Waals surface area contributed by atoms with Gasteiger partial charge in [0.25, 0.3) is 0 Å². The second-order valence-electron chi connectivity index (χ2n) is 3.73. The fourth-order valence-electron chi connectivity index (χ4n) is 1.30. The van der Waals surface area contributed by atoms with Gasteiger partial charge in [0.2, 0.25) is 10.0 Å². The van der Waals surface area contributed by atoms with Crippen molar-refractivity contribution in [1.29, 1.82) is 0 Å². The Morgan fingerprint density at radius 1 is 1.41 bits per heavy atom. The van der Waals surface area contributed by atoms with Gasteiger partial charge < -0.3 is 4.74 Å². The molecule has 4 nitrogen and oxygen atoms in total. The first-order valence-corrected chi connectivity index (χ1v) is 7.34. The van der Waals surface area contributed by atoms with Crippen molar-refractivity contribution in [2.24, 2.45) is 0 Å². The van der Waals surface area contributed by atoms with Crippen LogP contribution in [0.4, 0.5) is 0 Å². The third-order valence-electron chi connectivity index (χ3n) is 2.45. The number of hydrogen-bond acceptors (Lipinski definition) is 3. The van der Waals surface area contributed by atoms with E-state index in [2.05, 4.69) is 15.9 Å². The van der Waals surface area contributed by atoms with Gasteiger partial charge in [-0.15, -0.1) is 0 Å². The van der Waals surface area contributed by atoms with Crippen LogP contribution < -0.4 is 0 Å². The van der Waals surface area contributed by atoms with Gasteiger partial charge in [0, 0.05) is 25.2 Å². The molecular formula is C11H16BrNO3S. The lowest BCUT2D eigenvalue weighted by atomic mass is 10.2. The van der Waals surface area contributed by atoms with Crippen LogP contribution in [0.2, 0.25) is 0 Å². The van der Waals surface area contributed by atoms with Gasteiger partial charge in [-0.05, 0) is 30.7 Å². The summed E-state index contributed by atoms with van der Waals surface area (Å²) in [4.78, 5) is 0.303. The van der Waals surface area contributed by atoms with E-state index in [0.717, 1.165) is 10.0 Å². The van der Waals surface area contributed by atoms with Gasteiger partial charge in [-0.3, -0.25) is 0 Å². The van der Waals surface area contributed by atoms with E-state index in [1.165, 1.54) is 4.31 Å². The molecule has 0 aliphatic heterocycles. The zero-order valence-electron chi connectivity index (χ0n) is 10.1. The second kappa shape index (κ2) is 5.95. The molecule has 0 saturated carbocycles. The van der Waals surface area contributed by atoms with Gasteiger partial charge in [0.05, 0.1) is 11.5 Å². The van der Waals surface area contributed by atoms with Crippen LogP contribution in [0.15, 0.2) is 27.6 Å². The molecule has 1 aromatic rings. The van der Waals surface area contributed by atoms with Crippen LogP contribution in [0.5, 0.6) is 0 Å². The van der Waals surface area contributed by atoms with Gasteiger partial charge in [0.15, 0.2) is 0 Å². The highest BCUT2D eigenvalue weighted by atomic mass is 79.9. The summed E-state index contributed by atoms with van der Waals surface area (Å²) in [5, 5.41) is 0. The maximum Gasteiger partial charge on any atom is 0.242 e. The number of likely N-dealkylation sites (N-methyl/N-ethyl adjacent to an activating group) is 1. The molecule has 17 heavy (non-hydrogen) atoms. The minimum Gasteiger partial charge on any atom is -0.383 e. The monoisotopic (exact) mass is 321 g/mol. The zero-order chi connectivity index (χ0) is 13.1. The predicted molar refractivity (Wildman–Crippen MR) is 70.6 cm³/mol. The fraction of sp³-hybridized carbons (Fsp3) is 0.455. The van der Waals surface area contributed by atoms with E-state index in [0.29, 0.717) is 18.0 Å². The number of rotatable bonds is 5. The lowest BCUT2D eigenvalue weighted by Crippen LogP contribution is -2.30. The Kier molecular flexibility index (Phi) is 5.12. The molecule has 0 aliphatic carbocycles. The number of aryl methyl sites for hydroxylation is 1. The first-order valence-electron chi connectivity index (χ1n) is 5.11. The first-order chi connectivity index (χ1) is 7.89. The molecule has 0 radical (unpaired) electrons. The third kappa shape index (κ3) is 3.51. The van der Waals surface area contributed by atoms with E-state index < -0.39 is 10.0 Å². The molecule has 0 saturated heterocycles. The van der Waals surface area contributed by atoms with Crippen LogP contribution in [0, 0.1) is 6.92 Å². The highest BCUT2D eigenvalue weighted by Crippen LogP contribution is 2.21. The van der Waals surface area contributed by atoms with E-state index >= 15 is 0 Å². The number of hydrogen-bond donors (Lipinski definition) is 0. The summed E-state index contributed by atoms with van der Waals surface area (Å²) in [6.07, 6.45) is 0. The number of methoxy groups -OCH3 is 1. The van der Waals surface area contributed by atoms with Crippen molar-refractivity contribution in [1.82, 2.24) is 4.31 Å². The van der Waals surface area contributed by atoms with Crippen molar-refractivity contribution in [3.63, 3.8) is 0 Å². The van der Waals surface area contributed by atoms with Gasteiger partial charge in [-0.25, -0.2) is 8.42 Å². The Morgan fingerprint density at radius 3 is 2.59 bits per heavy atom. The van der Waals surface area contributed by atoms with E-state index in [9.17, 15) is 8.42 Å². The van der Waals surface area contributed by atoms with Crippen LogP contribution >= 0.6 is 15.9 Å². The quantitative estimate of drug-likeness (QED) is 0.833. The van der Waals surface area contributed by atoms with Crippen molar-refractivity contribution in [2.45, 2.75) is 11.8 Å². The van der Waals surface area contributed by atoms with Crippen molar-refractivity contribution in [2.75, 3.05) is 27.3 Å². The molecule has 0 N–H and O–H groups in total. The largest absolute Gasteiger partial charge is 0.383 e. The summed E-state index contributed by atoms with van der Waals surface area (Å²) in [6, 6.07) is 4.99. The molecule has 0 fully saturated rings. The summed E-state index contributed by atoms with van der Waals surface area (Å²) < 4.78 is 31.4. The van der Waals surface area contributed by atoms with E-state index in [-0.39, 0.29) is 0 Å². The number of halogens is 1. The Labute approximate surface area is 111 Å². The molecule has 0 aliphatic rings. The number of nitrogens with zero attached hydrogens (tertiary/aromatic N) is 1. The molecule has 0 aromatic heterocycles. The summed E-state index contributed by atoms with van der Waals surface area (Å²) in [5.74, 6) is 0. The van der Waals surface area contributed by atoms with Crippen molar-refractivity contribution < 1.29 is 13.2 Å². The smallest absolute Gasteiger partial charge is 0.242 e. The van der Waals surface area contributed by atoms with Gasteiger partial charge in [0.1, 0.15) is 0 Å². The predicted octanol–water partition coefficient (Wildman–Crippen LogP) is 2.02. The number of benzene rings is 1. The number of ether oxygens (including phenoxy) is 1. The molecule has 0 atom stereocenters. The van der Waals surface area contributed by atoms with Crippen LogP contribution in [-0.2, 0) is 14.8 Å². The molecule has 0 amide bonds. The van der Waals surface area contributed by atoms with Gasteiger partial charge >= 0.3 is 0 Å². The summed E-state index contributed by atoms with van der Waals surface area (Å²) >= 11 is 3.35. The first kappa shape index (κ1) is 14.6. The SMILES string of the molecule is COCCN(C)S(=O)(=O)c1ccc(Br)c(C)c1. The van der Waals surface area contributed by atoms with Crippen LogP contribution in [0.1, 0.15) is 5.56 Å². The maximum atomic E-state index is 12.2. The molecule has 96 valence electrons. The van der Waals surface area contributed by atoms with Gasteiger partial charge in [-0.1, -0.05) is 15.9 Å². The zero-order valence-corrected chi connectivity index (χ0v) is 12.5. The number of sulfonamides is 1. The lowest BCUT2D eigenvalue weighted by Gasteiger charge is -2.17. The molecule has 0 bridgehead atoms. The summed E-state index contributed by atoms with van der Waals surface area (Å²) in [5.41, 5.74) is 0.895. The molecule has 0 unspecified atom stereocenters. The normalized spacial score (nSPS) is 12.1. The standard InChI is InChI=1S/C11H16BrNO3S/c1-9-8-10(4-5-11(9)12)17(14,15)13(2)6-7-16-3/h4-5,8H,6-7H2,1-3H3. The van der Waals surface area contributed by atoms with Crippen molar-refractivity contribution >= 4 is 26.0 Å². The van der Waals surface area contributed by atoms with Crippen LogP contribution in [0.3, 0.4) is 0 Å². The van der Waals surface area contributed by atoms with Crippen molar-refractivity contribution in [3.8, 4) is 0 Å². The fourth-order valence-corrected chi connectivity index (χ4v) is 2.78. The summed E-state index contributed by atoms with van der Waals surface area (Å²) in [6.45, 7) is 2.58. The highest BCUT2D eigenvalue weighted by molar-refractivity contribution is 9.10. The van der Waals surface area contributed by atoms with Crippen LogP contribution in [0.25, 0.3) is 0 Å². The third-order valence-corrected chi connectivity index (χ3v) is 5.19. The van der Waals surface area contributed by atoms with E-state index in [1.807, 2.05) is 6.92 Å². The molecular weight excluding hydrogens is 306 g/mol. The molecule has 6 heteroatoms. The van der Waals surface area contributed by atoms with Gasteiger partial charge in [-0.2, -0.15) is 4.31 Å². The molecule has 1 aromatic carbocycles. The van der Waals surface area contributed by atoms with E-state index in [4.69, 9.17) is 4.74 Å². The lowest BCUT2D eigenvalue weighted by molar-refractivity contribution is 0.185. The maximum absolute atomic E-state index is 12.2. The minimum atomic E-state index is -3.42. The molecule has 1 rings (SSSR count). The van der Waals surface area contributed by atoms with Crippen molar-refractivity contribution in [3.05, 3.63) is 28.2 Å². The second-order valence-corrected chi connectivity index (χ2v) is 6.63. The Bertz CT molecular complexity index is 487. The summed E-state index contributed by atoms with van der Waals surface area (Å²) in [7, 11) is -0.325.